The van der Waals surface area contributed by atoms with Gasteiger partial charge in [0.2, 0.25) is 10.5 Å². The molecule has 0 aliphatic carbocycles. The topological polar surface area (TPSA) is 73.7 Å². The Hall–Kier alpha value is -3.34. The summed E-state index contributed by atoms with van der Waals surface area (Å²) in [6, 6.07) is 8.35. The average molecular weight is 438 g/mol. The van der Waals surface area contributed by atoms with Crippen LogP contribution in [0.4, 0.5) is 13.2 Å². The first-order valence-corrected chi connectivity index (χ1v) is 8.89. The molecule has 0 aliphatic rings. The summed E-state index contributed by atoms with van der Waals surface area (Å²) >= 11 is 5.19. The molecule has 0 saturated heterocycles. The van der Waals surface area contributed by atoms with Gasteiger partial charge in [-0.05, 0) is 30.4 Å². The van der Waals surface area contributed by atoms with E-state index in [-0.39, 0.29) is 16.2 Å². The third-order valence-electron chi connectivity index (χ3n) is 4.15. The van der Waals surface area contributed by atoms with Gasteiger partial charge >= 0.3 is 6.18 Å². The van der Waals surface area contributed by atoms with Crippen LogP contribution in [0.15, 0.2) is 41.5 Å². The first-order valence-electron chi connectivity index (χ1n) is 8.48. The maximum Gasteiger partial charge on any atom is 0.417 e. The van der Waals surface area contributed by atoms with Gasteiger partial charge in [0, 0.05) is 11.1 Å². The van der Waals surface area contributed by atoms with Crippen LogP contribution in [0.25, 0.3) is 11.4 Å². The minimum atomic E-state index is -4.51. The molecule has 0 bridgehead atoms. The normalized spacial score (nSPS) is 11.7. The van der Waals surface area contributed by atoms with Gasteiger partial charge in [-0.1, -0.05) is 18.2 Å². The number of aromatic nitrogens is 3. The molecule has 158 valence electrons. The molecule has 0 aliphatic heterocycles. The Morgan fingerprint density at radius 2 is 1.70 bits per heavy atom. The molecule has 7 nitrogen and oxygen atoms in total. The molecule has 0 amide bonds. The number of nitrogens with zero attached hydrogens (tertiary/aromatic N) is 3. The maximum atomic E-state index is 13.2. The van der Waals surface area contributed by atoms with Crippen LogP contribution in [0.1, 0.15) is 11.1 Å². The van der Waals surface area contributed by atoms with Gasteiger partial charge in [0.25, 0.3) is 0 Å². The summed E-state index contributed by atoms with van der Waals surface area (Å²) in [5.74, 6) is 1.38. The fourth-order valence-corrected chi connectivity index (χ4v) is 2.96. The van der Waals surface area contributed by atoms with Crippen molar-refractivity contribution in [2.45, 2.75) is 6.18 Å². The molecule has 3 aromatic rings. The molecule has 1 N–H and O–H groups in total. The SMILES string of the molecule is COc1cc(-c2n[nH]c(=S)n2N=Cc2ccccc2C(F)(F)F)cc(OC)c1OC. The number of ether oxygens (including phenoxy) is 3. The van der Waals surface area contributed by atoms with Gasteiger partial charge in [0.15, 0.2) is 17.3 Å². The average Bonchev–Trinajstić information content (AvgIpc) is 3.10. The van der Waals surface area contributed by atoms with Gasteiger partial charge in [0.05, 0.1) is 33.1 Å². The first-order chi connectivity index (χ1) is 14.3. The molecule has 1 aromatic heterocycles. The van der Waals surface area contributed by atoms with E-state index in [0.717, 1.165) is 12.3 Å². The van der Waals surface area contributed by atoms with Gasteiger partial charge < -0.3 is 14.2 Å². The molecule has 0 spiro atoms. The summed E-state index contributed by atoms with van der Waals surface area (Å²) in [6.45, 7) is 0. The molecular formula is C19H17F3N4O3S. The predicted molar refractivity (Wildman–Crippen MR) is 107 cm³/mol. The van der Waals surface area contributed by atoms with Crippen LogP contribution in [0.5, 0.6) is 17.2 Å². The lowest BCUT2D eigenvalue weighted by Gasteiger charge is -2.13. The minimum Gasteiger partial charge on any atom is -0.493 e. The van der Waals surface area contributed by atoms with Crippen molar-refractivity contribution in [3.8, 4) is 28.6 Å². The van der Waals surface area contributed by atoms with Crippen LogP contribution in [-0.4, -0.2) is 42.4 Å². The quantitative estimate of drug-likeness (QED) is 0.452. The molecule has 11 heteroatoms. The Balaban J connectivity index is 2.10. The number of halogens is 3. The van der Waals surface area contributed by atoms with Gasteiger partial charge in [-0.15, -0.1) is 0 Å². The van der Waals surface area contributed by atoms with Crippen LogP contribution in [-0.2, 0) is 6.18 Å². The number of nitrogens with one attached hydrogen (secondary N) is 1. The van der Waals surface area contributed by atoms with E-state index in [9.17, 15) is 13.2 Å². The summed E-state index contributed by atoms with van der Waals surface area (Å²) in [5, 5.41) is 10.8. The van der Waals surface area contributed by atoms with Crippen molar-refractivity contribution in [1.82, 2.24) is 14.9 Å². The van der Waals surface area contributed by atoms with Crippen LogP contribution < -0.4 is 14.2 Å². The number of aromatic amines is 1. The first kappa shape index (κ1) is 21.4. The Morgan fingerprint density at radius 1 is 1.07 bits per heavy atom. The van der Waals surface area contributed by atoms with E-state index in [1.807, 2.05) is 0 Å². The summed E-state index contributed by atoms with van der Waals surface area (Å²) in [4.78, 5) is 0. The molecule has 0 fully saturated rings. The monoisotopic (exact) mass is 438 g/mol. The van der Waals surface area contributed by atoms with Crippen molar-refractivity contribution in [3.05, 3.63) is 52.3 Å². The van der Waals surface area contributed by atoms with E-state index in [1.54, 1.807) is 12.1 Å². The molecule has 0 atom stereocenters. The number of hydrogen-bond acceptors (Lipinski definition) is 6. The van der Waals surface area contributed by atoms with E-state index in [4.69, 9.17) is 26.4 Å². The highest BCUT2D eigenvalue weighted by molar-refractivity contribution is 7.71. The Bertz CT molecular complexity index is 1110. The van der Waals surface area contributed by atoms with Crippen molar-refractivity contribution < 1.29 is 27.4 Å². The largest absolute Gasteiger partial charge is 0.493 e. The van der Waals surface area contributed by atoms with Crippen LogP contribution >= 0.6 is 12.2 Å². The van der Waals surface area contributed by atoms with Crippen molar-refractivity contribution >= 4 is 18.4 Å². The van der Waals surface area contributed by atoms with E-state index in [1.165, 1.54) is 44.2 Å². The minimum absolute atomic E-state index is 0.0968. The lowest BCUT2D eigenvalue weighted by Crippen LogP contribution is -2.09. The zero-order valence-electron chi connectivity index (χ0n) is 16.1. The van der Waals surface area contributed by atoms with Gasteiger partial charge in [-0.25, -0.2) is 5.10 Å². The maximum absolute atomic E-state index is 13.2. The van der Waals surface area contributed by atoms with E-state index < -0.39 is 11.7 Å². The van der Waals surface area contributed by atoms with Gasteiger partial charge in [-0.2, -0.15) is 28.0 Å². The number of hydrogen-bond donors (Lipinski definition) is 1. The lowest BCUT2D eigenvalue weighted by molar-refractivity contribution is -0.137. The molecule has 2 aromatic carbocycles. The predicted octanol–water partition coefficient (Wildman–Crippen LogP) is 4.53. The second kappa shape index (κ2) is 8.57. The zero-order chi connectivity index (χ0) is 21.9. The molecule has 0 unspecified atom stereocenters. The molecule has 1 heterocycles. The van der Waals surface area contributed by atoms with Crippen molar-refractivity contribution in [3.63, 3.8) is 0 Å². The highest BCUT2D eigenvalue weighted by Crippen LogP contribution is 2.40. The third kappa shape index (κ3) is 4.15. The van der Waals surface area contributed by atoms with Crippen LogP contribution in [0.3, 0.4) is 0 Å². The second-order valence-corrected chi connectivity index (χ2v) is 6.29. The number of H-pyrrole nitrogens is 1. The summed E-state index contributed by atoms with van der Waals surface area (Å²) in [7, 11) is 4.40. The smallest absolute Gasteiger partial charge is 0.417 e. The second-order valence-electron chi connectivity index (χ2n) is 5.91. The Kier molecular flexibility index (Phi) is 6.11. The molecule has 30 heavy (non-hydrogen) atoms. The summed E-state index contributed by atoms with van der Waals surface area (Å²) in [6.07, 6.45) is -3.43. The molecule has 0 saturated carbocycles. The Labute approximate surface area is 174 Å². The summed E-state index contributed by atoms with van der Waals surface area (Å²) in [5.41, 5.74) is -0.417. The van der Waals surface area contributed by atoms with E-state index in [2.05, 4.69) is 15.3 Å². The fraction of sp³-hybridized carbons (Fsp3) is 0.211. The Morgan fingerprint density at radius 3 is 2.27 bits per heavy atom. The third-order valence-corrected chi connectivity index (χ3v) is 4.42. The lowest BCUT2D eigenvalue weighted by atomic mass is 10.1. The molecule has 3 rings (SSSR count). The van der Waals surface area contributed by atoms with Crippen LogP contribution in [0, 0.1) is 4.77 Å². The van der Waals surface area contributed by atoms with Crippen molar-refractivity contribution in [1.29, 1.82) is 0 Å². The number of rotatable bonds is 6. The highest BCUT2D eigenvalue weighted by atomic mass is 32.1. The van der Waals surface area contributed by atoms with Gasteiger partial charge in [0.1, 0.15) is 0 Å². The van der Waals surface area contributed by atoms with E-state index >= 15 is 0 Å². The van der Waals surface area contributed by atoms with Crippen molar-refractivity contribution in [2.24, 2.45) is 5.10 Å². The van der Waals surface area contributed by atoms with Crippen molar-refractivity contribution in [2.75, 3.05) is 21.3 Å². The number of methoxy groups -OCH3 is 3. The molecular weight excluding hydrogens is 421 g/mol. The van der Waals surface area contributed by atoms with Gasteiger partial charge in [-0.3, -0.25) is 0 Å². The molecule has 0 radical (unpaired) electrons. The summed E-state index contributed by atoms with van der Waals surface area (Å²) < 4.78 is 56.9. The number of benzene rings is 2. The highest BCUT2D eigenvalue weighted by Gasteiger charge is 2.32. The number of alkyl halides is 3. The zero-order valence-corrected chi connectivity index (χ0v) is 17.0. The van der Waals surface area contributed by atoms with E-state index in [0.29, 0.717) is 22.8 Å². The van der Waals surface area contributed by atoms with Crippen LogP contribution in [0.2, 0.25) is 0 Å². The fourth-order valence-electron chi connectivity index (χ4n) is 2.78. The standard InChI is InChI=1S/C19H17F3N4O3S/c1-27-14-8-12(9-15(28-2)16(14)29-3)17-24-25-18(30)26(17)23-10-11-6-4-5-7-13(11)19(20,21)22/h4-10H,1-3H3,(H,25,30).